The van der Waals surface area contributed by atoms with Gasteiger partial charge in [-0.25, -0.2) is 0 Å². The number of hydrogen-bond donors (Lipinski definition) is 1. The summed E-state index contributed by atoms with van der Waals surface area (Å²) in [4.78, 5) is 2.87. The third-order valence-corrected chi connectivity index (χ3v) is 5.62. The maximum Gasteiger partial charge on any atom is 0.104 e. The lowest BCUT2D eigenvalue weighted by molar-refractivity contribution is 0.276. The predicted molar refractivity (Wildman–Crippen MR) is 93.8 cm³/mol. The number of hydrogen-bond acceptors (Lipinski definition) is 3. The zero-order valence-electron chi connectivity index (χ0n) is 12.0. The molecule has 2 nitrogen and oxygen atoms in total. The van der Waals surface area contributed by atoms with Crippen molar-refractivity contribution in [2.75, 3.05) is 18.8 Å². The van der Waals surface area contributed by atoms with E-state index in [0.29, 0.717) is 9.74 Å². The van der Waals surface area contributed by atoms with Crippen LogP contribution in [-0.2, 0) is 6.54 Å². The van der Waals surface area contributed by atoms with Gasteiger partial charge in [-0.3, -0.25) is 4.90 Å². The standard InChI is InChI=1S/C15H21ClN2S2/c1-15(2)5-6-18(7-8-20-15)10-12-4-3-11(14(17)19)9-13(12)16/h3-4,9H,5-8,10H2,1-2H3,(H2,17,19). The molecule has 0 saturated carbocycles. The van der Waals surface area contributed by atoms with Crippen LogP contribution in [0.15, 0.2) is 18.2 Å². The summed E-state index contributed by atoms with van der Waals surface area (Å²) in [6.45, 7) is 7.78. The minimum Gasteiger partial charge on any atom is -0.389 e. The van der Waals surface area contributed by atoms with E-state index in [2.05, 4.69) is 30.5 Å². The van der Waals surface area contributed by atoms with E-state index in [1.54, 1.807) is 0 Å². The predicted octanol–water partition coefficient (Wildman–Crippen LogP) is 3.69. The normalized spacial score (nSPS) is 19.6. The Hall–Kier alpha value is -0.290. The number of thioether (sulfide) groups is 1. The van der Waals surface area contributed by atoms with Gasteiger partial charge in [-0.05, 0) is 24.6 Å². The molecule has 1 aromatic carbocycles. The molecule has 110 valence electrons. The van der Waals surface area contributed by atoms with Crippen molar-refractivity contribution >= 4 is 40.6 Å². The van der Waals surface area contributed by atoms with E-state index in [0.717, 1.165) is 35.8 Å². The first-order chi connectivity index (χ1) is 9.37. The summed E-state index contributed by atoms with van der Waals surface area (Å²) in [6, 6.07) is 5.87. The van der Waals surface area contributed by atoms with Crippen LogP contribution in [0.25, 0.3) is 0 Å². The molecule has 0 spiro atoms. The van der Waals surface area contributed by atoms with Gasteiger partial charge < -0.3 is 5.73 Å². The highest BCUT2D eigenvalue weighted by Gasteiger charge is 2.23. The molecule has 1 saturated heterocycles. The molecular weight excluding hydrogens is 308 g/mol. The van der Waals surface area contributed by atoms with Gasteiger partial charge in [0, 0.05) is 34.2 Å². The molecule has 2 N–H and O–H groups in total. The van der Waals surface area contributed by atoms with Crippen molar-refractivity contribution in [3.63, 3.8) is 0 Å². The van der Waals surface area contributed by atoms with Gasteiger partial charge in [-0.2, -0.15) is 11.8 Å². The van der Waals surface area contributed by atoms with Crippen LogP contribution in [0.3, 0.4) is 0 Å². The topological polar surface area (TPSA) is 29.3 Å². The number of rotatable bonds is 3. The van der Waals surface area contributed by atoms with E-state index in [1.165, 1.54) is 12.2 Å². The van der Waals surface area contributed by atoms with E-state index in [4.69, 9.17) is 29.6 Å². The van der Waals surface area contributed by atoms with Crippen LogP contribution in [0.5, 0.6) is 0 Å². The molecular formula is C15H21ClN2S2. The van der Waals surface area contributed by atoms with E-state index in [9.17, 15) is 0 Å². The summed E-state index contributed by atoms with van der Waals surface area (Å²) in [6.07, 6.45) is 1.21. The lowest BCUT2D eigenvalue weighted by atomic mass is 10.1. The average molecular weight is 329 g/mol. The molecule has 5 heteroatoms. The lowest BCUT2D eigenvalue weighted by Crippen LogP contribution is -2.27. The fourth-order valence-corrected chi connectivity index (χ4v) is 3.80. The molecule has 1 aliphatic heterocycles. The maximum absolute atomic E-state index is 6.34. The van der Waals surface area contributed by atoms with Crippen molar-refractivity contribution in [1.29, 1.82) is 0 Å². The van der Waals surface area contributed by atoms with Gasteiger partial charge in [0.1, 0.15) is 4.99 Å². The van der Waals surface area contributed by atoms with Crippen LogP contribution in [-0.4, -0.2) is 33.5 Å². The fraction of sp³-hybridized carbons (Fsp3) is 0.533. The summed E-state index contributed by atoms with van der Waals surface area (Å²) in [5, 5.41) is 0.756. The van der Waals surface area contributed by atoms with Crippen molar-refractivity contribution in [3.8, 4) is 0 Å². The highest BCUT2D eigenvalue weighted by atomic mass is 35.5. The summed E-state index contributed by atoms with van der Waals surface area (Å²) in [5.74, 6) is 1.18. The summed E-state index contributed by atoms with van der Waals surface area (Å²) < 4.78 is 0.383. The second-order valence-corrected chi connectivity index (χ2v) is 8.45. The second-order valence-electron chi connectivity index (χ2n) is 5.80. The van der Waals surface area contributed by atoms with Crippen molar-refractivity contribution < 1.29 is 0 Å². The average Bonchev–Trinajstić information content (AvgIpc) is 2.53. The SMILES string of the molecule is CC1(C)CCN(Cc2ccc(C(N)=S)cc2Cl)CCS1. The first-order valence-electron chi connectivity index (χ1n) is 6.82. The monoisotopic (exact) mass is 328 g/mol. The quantitative estimate of drug-likeness (QED) is 0.857. The third kappa shape index (κ3) is 4.35. The van der Waals surface area contributed by atoms with Crippen molar-refractivity contribution in [1.82, 2.24) is 4.90 Å². The van der Waals surface area contributed by atoms with Gasteiger partial charge in [0.15, 0.2) is 0 Å². The van der Waals surface area contributed by atoms with Crippen LogP contribution in [0.4, 0.5) is 0 Å². The molecule has 0 unspecified atom stereocenters. The highest BCUT2D eigenvalue weighted by Crippen LogP contribution is 2.31. The van der Waals surface area contributed by atoms with Gasteiger partial charge in [-0.15, -0.1) is 0 Å². The number of benzene rings is 1. The number of halogens is 1. The largest absolute Gasteiger partial charge is 0.389 e. The summed E-state index contributed by atoms with van der Waals surface area (Å²) in [7, 11) is 0. The molecule has 0 radical (unpaired) electrons. The Morgan fingerprint density at radius 1 is 1.45 bits per heavy atom. The Bertz CT molecular complexity index is 503. The smallest absolute Gasteiger partial charge is 0.104 e. The van der Waals surface area contributed by atoms with Gasteiger partial charge in [-0.1, -0.05) is 49.8 Å². The van der Waals surface area contributed by atoms with Crippen LogP contribution in [0.1, 0.15) is 31.4 Å². The molecule has 0 atom stereocenters. The third-order valence-electron chi connectivity index (χ3n) is 3.66. The zero-order chi connectivity index (χ0) is 14.8. The Morgan fingerprint density at radius 3 is 2.85 bits per heavy atom. The van der Waals surface area contributed by atoms with E-state index < -0.39 is 0 Å². The molecule has 2 rings (SSSR count). The zero-order valence-corrected chi connectivity index (χ0v) is 14.4. The van der Waals surface area contributed by atoms with Crippen LogP contribution >= 0.6 is 35.6 Å². The number of nitrogens with zero attached hydrogens (tertiary/aromatic N) is 1. The van der Waals surface area contributed by atoms with Gasteiger partial charge in [0.25, 0.3) is 0 Å². The molecule has 1 heterocycles. The number of nitrogens with two attached hydrogens (primary N) is 1. The lowest BCUT2D eigenvalue weighted by Gasteiger charge is -2.23. The summed E-state index contributed by atoms with van der Waals surface area (Å²) >= 11 is 13.4. The van der Waals surface area contributed by atoms with E-state index in [1.807, 2.05) is 18.2 Å². The van der Waals surface area contributed by atoms with Crippen molar-refractivity contribution in [2.45, 2.75) is 31.6 Å². The molecule has 0 bridgehead atoms. The molecule has 1 fully saturated rings. The van der Waals surface area contributed by atoms with Crippen molar-refractivity contribution in [3.05, 3.63) is 34.3 Å². The van der Waals surface area contributed by atoms with Crippen LogP contribution < -0.4 is 5.73 Å². The minimum absolute atomic E-state index is 0.383. The molecule has 1 aliphatic rings. The van der Waals surface area contributed by atoms with Gasteiger partial charge in [0.2, 0.25) is 0 Å². The summed E-state index contributed by atoms with van der Waals surface area (Å²) in [5.41, 5.74) is 7.61. The van der Waals surface area contributed by atoms with Crippen LogP contribution in [0, 0.1) is 0 Å². The Balaban J connectivity index is 2.05. The Morgan fingerprint density at radius 2 is 2.20 bits per heavy atom. The van der Waals surface area contributed by atoms with E-state index in [-0.39, 0.29) is 0 Å². The van der Waals surface area contributed by atoms with Crippen molar-refractivity contribution in [2.24, 2.45) is 5.73 Å². The highest BCUT2D eigenvalue weighted by molar-refractivity contribution is 8.00. The minimum atomic E-state index is 0.383. The molecule has 0 amide bonds. The first kappa shape index (κ1) is 16.1. The first-order valence-corrected chi connectivity index (χ1v) is 8.59. The molecule has 0 aromatic heterocycles. The maximum atomic E-state index is 6.34. The molecule has 0 aliphatic carbocycles. The molecule has 1 aromatic rings. The van der Waals surface area contributed by atoms with Gasteiger partial charge >= 0.3 is 0 Å². The Labute approximate surface area is 136 Å². The Kier molecular flexibility index (Phi) is 5.35. The van der Waals surface area contributed by atoms with Crippen LogP contribution in [0.2, 0.25) is 5.02 Å². The molecule has 20 heavy (non-hydrogen) atoms. The fourth-order valence-electron chi connectivity index (χ4n) is 2.29. The second kappa shape index (κ2) is 6.65. The van der Waals surface area contributed by atoms with E-state index >= 15 is 0 Å². The number of thiocarbonyl (C=S) groups is 1. The van der Waals surface area contributed by atoms with Gasteiger partial charge in [0.05, 0.1) is 0 Å².